The van der Waals surface area contributed by atoms with Gasteiger partial charge in [-0.1, -0.05) is 23.7 Å². The molecule has 3 aromatic rings. The van der Waals surface area contributed by atoms with Crippen molar-refractivity contribution in [1.82, 2.24) is 5.32 Å². The highest BCUT2D eigenvalue weighted by Gasteiger charge is 2.22. The molecule has 0 saturated carbocycles. The van der Waals surface area contributed by atoms with Crippen LogP contribution < -0.4 is 10.0 Å². The Morgan fingerprint density at radius 3 is 2.59 bits per heavy atom. The molecular formula is C18H14ClN3O6S. The van der Waals surface area contributed by atoms with Gasteiger partial charge in [-0.2, -0.15) is 0 Å². The molecule has 29 heavy (non-hydrogen) atoms. The first-order valence-corrected chi connectivity index (χ1v) is 10.0. The average molecular weight is 436 g/mol. The number of nitro groups is 1. The lowest BCUT2D eigenvalue weighted by molar-refractivity contribution is -0.384. The van der Waals surface area contributed by atoms with Crippen LogP contribution in [0.15, 0.2) is 70.2 Å². The summed E-state index contributed by atoms with van der Waals surface area (Å²) in [5.74, 6) is 0.00618. The lowest BCUT2D eigenvalue weighted by atomic mass is 10.1. The van der Waals surface area contributed by atoms with Gasteiger partial charge >= 0.3 is 0 Å². The highest BCUT2D eigenvalue weighted by molar-refractivity contribution is 7.92. The highest BCUT2D eigenvalue weighted by Crippen LogP contribution is 2.28. The van der Waals surface area contributed by atoms with Crippen molar-refractivity contribution in [2.75, 3.05) is 4.72 Å². The zero-order valence-electron chi connectivity index (χ0n) is 14.7. The Balaban J connectivity index is 1.85. The highest BCUT2D eigenvalue weighted by atomic mass is 35.5. The summed E-state index contributed by atoms with van der Waals surface area (Å²) in [6.07, 6.45) is 1.47. The fourth-order valence-corrected chi connectivity index (χ4v) is 3.74. The maximum absolute atomic E-state index is 12.7. The molecule has 0 spiro atoms. The molecule has 0 radical (unpaired) electrons. The van der Waals surface area contributed by atoms with Crippen LogP contribution in [0.3, 0.4) is 0 Å². The molecule has 9 nitrogen and oxygen atoms in total. The molecule has 0 unspecified atom stereocenters. The van der Waals surface area contributed by atoms with Crippen molar-refractivity contribution in [2.24, 2.45) is 0 Å². The first-order valence-electron chi connectivity index (χ1n) is 8.14. The minimum Gasteiger partial charge on any atom is -0.467 e. The Kier molecular flexibility index (Phi) is 5.85. The maximum atomic E-state index is 12.7. The van der Waals surface area contributed by atoms with E-state index < -0.39 is 26.5 Å². The molecule has 0 bridgehead atoms. The zero-order chi connectivity index (χ0) is 21.0. The Morgan fingerprint density at radius 2 is 1.90 bits per heavy atom. The van der Waals surface area contributed by atoms with Gasteiger partial charge < -0.3 is 9.73 Å². The number of carbonyl (C=O) groups excluding carboxylic acids is 1. The number of furan rings is 1. The van der Waals surface area contributed by atoms with Crippen LogP contribution in [0.25, 0.3) is 0 Å². The van der Waals surface area contributed by atoms with E-state index in [-0.39, 0.29) is 27.7 Å². The van der Waals surface area contributed by atoms with Crippen molar-refractivity contribution < 1.29 is 22.6 Å². The number of amides is 1. The van der Waals surface area contributed by atoms with Crippen LogP contribution in [0.1, 0.15) is 16.1 Å². The van der Waals surface area contributed by atoms with Crippen molar-refractivity contribution in [3.63, 3.8) is 0 Å². The van der Waals surface area contributed by atoms with Gasteiger partial charge in [0.25, 0.3) is 21.6 Å². The van der Waals surface area contributed by atoms with Crippen LogP contribution in [0, 0.1) is 10.1 Å². The fourth-order valence-electron chi connectivity index (χ4n) is 2.45. The summed E-state index contributed by atoms with van der Waals surface area (Å²) in [6.45, 7) is 0.121. The van der Waals surface area contributed by atoms with Gasteiger partial charge in [0.15, 0.2) is 0 Å². The van der Waals surface area contributed by atoms with Gasteiger partial charge in [-0.05, 0) is 36.4 Å². The lowest BCUT2D eigenvalue weighted by Gasteiger charge is -2.12. The topological polar surface area (TPSA) is 132 Å². The second kappa shape index (κ2) is 8.33. The first-order chi connectivity index (χ1) is 13.8. The van der Waals surface area contributed by atoms with Gasteiger partial charge in [0.2, 0.25) is 0 Å². The van der Waals surface area contributed by atoms with Crippen molar-refractivity contribution in [3.05, 3.63) is 87.3 Å². The summed E-state index contributed by atoms with van der Waals surface area (Å²) in [4.78, 5) is 22.4. The van der Waals surface area contributed by atoms with Crippen LogP contribution >= 0.6 is 11.6 Å². The number of sulfonamides is 1. The predicted molar refractivity (Wildman–Crippen MR) is 105 cm³/mol. The SMILES string of the molecule is O=C(NCc1ccco1)c1ccccc1NS(=O)(=O)c1ccc(Cl)c([N+](=O)[O-])c1. The number of nitro benzene ring substituents is 1. The molecule has 2 N–H and O–H groups in total. The number of halogens is 1. The van der Waals surface area contributed by atoms with Gasteiger partial charge in [-0.3, -0.25) is 19.6 Å². The molecule has 0 saturated heterocycles. The van der Waals surface area contributed by atoms with E-state index in [9.17, 15) is 23.3 Å². The molecule has 11 heteroatoms. The number of hydrogen-bond donors (Lipinski definition) is 2. The number of benzene rings is 2. The van der Waals surface area contributed by atoms with Gasteiger partial charge in [0, 0.05) is 6.07 Å². The molecule has 0 aliphatic rings. The maximum Gasteiger partial charge on any atom is 0.289 e. The van der Waals surface area contributed by atoms with Crippen LogP contribution in [0.4, 0.5) is 11.4 Å². The van der Waals surface area contributed by atoms with E-state index in [4.69, 9.17) is 16.0 Å². The molecule has 3 rings (SSSR count). The van der Waals surface area contributed by atoms with Crippen molar-refractivity contribution in [1.29, 1.82) is 0 Å². The van der Waals surface area contributed by atoms with Crippen LogP contribution in [-0.4, -0.2) is 19.2 Å². The van der Waals surface area contributed by atoms with Crippen molar-refractivity contribution in [2.45, 2.75) is 11.4 Å². The van der Waals surface area contributed by atoms with E-state index in [0.29, 0.717) is 5.76 Å². The van der Waals surface area contributed by atoms with E-state index in [0.717, 1.165) is 18.2 Å². The molecule has 1 amide bonds. The van der Waals surface area contributed by atoms with E-state index in [1.165, 1.54) is 18.4 Å². The number of hydrogen-bond acceptors (Lipinski definition) is 6. The van der Waals surface area contributed by atoms with E-state index in [2.05, 4.69) is 10.0 Å². The summed E-state index contributed by atoms with van der Waals surface area (Å²) < 4.78 is 32.8. The van der Waals surface area contributed by atoms with Gasteiger partial charge in [-0.15, -0.1) is 0 Å². The van der Waals surface area contributed by atoms with E-state index >= 15 is 0 Å². The molecule has 0 atom stereocenters. The molecule has 0 fully saturated rings. The zero-order valence-corrected chi connectivity index (χ0v) is 16.2. The third-order valence-corrected chi connectivity index (χ3v) is 5.53. The number of rotatable bonds is 7. The standard InChI is InChI=1S/C18H14ClN3O6S/c19-15-8-7-13(10-17(15)22(24)25)29(26,27)21-16-6-2-1-5-14(16)18(23)20-11-12-4-3-9-28-12/h1-10,21H,11H2,(H,20,23). The molecule has 0 aliphatic carbocycles. The number of anilines is 1. The minimum absolute atomic E-state index is 0.0158. The smallest absolute Gasteiger partial charge is 0.289 e. The molecule has 1 heterocycles. The van der Waals surface area contributed by atoms with Gasteiger partial charge in [-0.25, -0.2) is 8.42 Å². The van der Waals surface area contributed by atoms with Crippen LogP contribution in [0.5, 0.6) is 0 Å². The molecule has 1 aromatic heterocycles. The number of carbonyl (C=O) groups is 1. The van der Waals surface area contributed by atoms with Crippen molar-refractivity contribution >= 4 is 38.9 Å². The minimum atomic E-state index is -4.21. The van der Waals surface area contributed by atoms with Crippen molar-refractivity contribution in [3.8, 4) is 0 Å². The van der Waals surface area contributed by atoms with Gasteiger partial charge in [0.1, 0.15) is 10.8 Å². The molecule has 2 aromatic carbocycles. The summed E-state index contributed by atoms with van der Waals surface area (Å²) >= 11 is 5.73. The summed E-state index contributed by atoms with van der Waals surface area (Å²) in [5.41, 5.74) is -0.452. The van der Waals surface area contributed by atoms with E-state index in [1.54, 1.807) is 24.3 Å². The Bertz CT molecular complexity index is 1160. The molecular weight excluding hydrogens is 422 g/mol. The fraction of sp³-hybridized carbons (Fsp3) is 0.0556. The monoisotopic (exact) mass is 435 g/mol. The second-order valence-corrected chi connectivity index (χ2v) is 7.87. The second-order valence-electron chi connectivity index (χ2n) is 5.78. The first kappa shape index (κ1) is 20.4. The van der Waals surface area contributed by atoms with Crippen LogP contribution in [0.2, 0.25) is 5.02 Å². The Hall–Kier alpha value is -3.37. The number of nitrogens with zero attached hydrogens (tertiary/aromatic N) is 1. The quantitative estimate of drug-likeness (QED) is 0.430. The summed E-state index contributed by atoms with van der Waals surface area (Å²) in [7, 11) is -4.21. The molecule has 150 valence electrons. The normalized spacial score (nSPS) is 11.1. The summed E-state index contributed by atoms with van der Waals surface area (Å²) in [6, 6.07) is 12.4. The largest absolute Gasteiger partial charge is 0.467 e. The Morgan fingerprint density at radius 1 is 1.14 bits per heavy atom. The van der Waals surface area contributed by atoms with Gasteiger partial charge in [0.05, 0.1) is 33.9 Å². The number of nitrogens with one attached hydrogen (secondary N) is 2. The number of para-hydroxylation sites is 1. The third kappa shape index (κ3) is 4.73. The summed E-state index contributed by atoms with van der Waals surface area (Å²) in [5, 5.41) is 13.5. The van der Waals surface area contributed by atoms with E-state index in [1.807, 2.05) is 0 Å². The van der Waals surface area contributed by atoms with Crippen LogP contribution in [-0.2, 0) is 16.6 Å². The molecule has 0 aliphatic heterocycles. The Labute approximate surface area is 170 Å². The predicted octanol–water partition coefficient (Wildman–Crippen LogP) is 3.57. The average Bonchev–Trinajstić information content (AvgIpc) is 3.20. The lowest BCUT2D eigenvalue weighted by Crippen LogP contribution is -2.24. The third-order valence-electron chi connectivity index (χ3n) is 3.84.